The quantitative estimate of drug-likeness (QED) is 0.841. The number of piperidine rings is 1. The molecule has 2 heterocycles. The van der Waals surface area contributed by atoms with Crippen LogP contribution in [0.25, 0.3) is 0 Å². The normalized spacial score (nSPS) is 20.8. The van der Waals surface area contributed by atoms with Gasteiger partial charge in [-0.25, -0.2) is 0 Å². The van der Waals surface area contributed by atoms with Gasteiger partial charge in [-0.2, -0.15) is 0 Å². The second-order valence-electron chi connectivity index (χ2n) is 5.51. The number of amides is 2. The number of nitrogens with zero attached hydrogens (tertiary/aromatic N) is 2. The summed E-state index contributed by atoms with van der Waals surface area (Å²) in [6.45, 7) is 2.64. The third-order valence-electron chi connectivity index (χ3n) is 3.93. The van der Waals surface area contributed by atoms with Gasteiger partial charge < -0.3 is 20.9 Å². The number of hydrogen-bond acceptors (Lipinski definition) is 3. The van der Waals surface area contributed by atoms with Crippen molar-refractivity contribution in [3.8, 4) is 0 Å². The zero-order chi connectivity index (χ0) is 14.9. The van der Waals surface area contributed by atoms with Crippen molar-refractivity contribution in [2.24, 2.45) is 18.5 Å². The van der Waals surface area contributed by atoms with E-state index < -0.39 is 5.91 Å². The average Bonchev–Trinajstić information content (AvgIpc) is 2.80. The van der Waals surface area contributed by atoms with Gasteiger partial charge in [-0.15, -0.1) is 0 Å². The first-order chi connectivity index (χ1) is 9.41. The molecule has 0 spiro atoms. The van der Waals surface area contributed by atoms with E-state index in [1.54, 1.807) is 23.9 Å². The van der Waals surface area contributed by atoms with Gasteiger partial charge in [0.2, 0.25) is 5.91 Å². The third-order valence-corrected chi connectivity index (χ3v) is 3.93. The van der Waals surface area contributed by atoms with Crippen LogP contribution in [0.4, 0.5) is 0 Å². The molecule has 1 fully saturated rings. The highest BCUT2D eigenvalue weighted by Gasteiger charge is 2.31. The molecule has 0 unspecified atom stereocenters. The van der Waals surface area contributed by atoms with Crippen LogP contribution in [0, 0.1) is 0 Å². The fourth-order valence-electron chi connectivity index (χ4n) is 2.82. The van der Waals surface area contributed by atoms with Gasteiger partial charge >= 0.3 is 0 Å². The van der Waals surface area contributed by atoms with Gasteiger partial charge in [-0.1, -0.05) is 0 Å². The van der Waals surface area contributed by atoms with E-state index in [4.69, 9.17) is 11.5 Å². The van der Waals surface area contributed by atoms with Crippen molar-refractivity contribution in [3.05, 3.63) is 23.5 Å². The van der Waals surface area contributed by atoms with Gasteiger partial charge in [0.25, 0.3) is 5.91 Å². The van der Waals surface area contributed by atoms with Gasteiger partial charge in [-0.3, -0.25) is 9.59 Å². The van der Waals surface area contributed by atoms with Crippen molar-refractivity contribution in [2.45, 2.75) is 38.3 Å². The molecule has 6 nitrogen and oxygen atoms in total. The van der Waals surface area contributed by atoms with Crippen LogP contribution in [0.1, 0.15) is 47.0 Å². The summed E-state index contributed by atoms with van der Waals surface area (Å²) in [4.78, 5) is 25.7. The Bertz CT molecular complexity index is 521. The number of likely N-dealkylation sites (tertiary alicyclic amines) is 1. The predicted molar refractivity (Wildman–Crippen MR) is 76.3 cm³/mol. The highest BCUT2D eigenvalue weighted by atomic mass is 16.2. The van der Waals surface area contributed by atoms with E-state index in [0.717, 1.165) is 19.3 Å². The number of aryl methyl sites for hydroxylation is 1. The summed E-state index contributed by atoms with van der Waals surface area (Å²) in [7, 11) is 1.74. The van der Waals surface area contributed by atoms with E-state index in [9.17, 15) is 9.59 Å². The molecule has 0 saturated carbocycles. The Kier molecular flexibility index (Phi) is 4.13. The van der Waals surface area contributed by atoms with E-state index in [2.05, 4.69) is 0 Å². The number of nitrogens with two attached hydrogens (primary N) is 2. The predicted octanol–water partition coefficient (Wildman–Crippen LogP) is 0.466. The summed E-state index contributed by atoms with van der Waals surface area (Å²) in [5, 5.41) is 0. The molecular weight excluding hydrogens is 256 g/mol. The highest BCUT2D eigenvalue weighted by molar-refractivity contribution is 5.98. The van der Waals surface area contributed by atoms with E-state index in [-0.39, 0.29) is 18.0 Å². The lowest BCUT2D eigenvalue weighted by Crippen LogP contribution is -2.52. The maximum atomic E-state index is 12.7. The number of carbonyl (C=O) groups is 2. The summed E-state index contributed by atoms with van der Waals surface area (Å²) in [5.74, 6) is -0.607. The molecule has 0 aromatic carbocycles. The van der Waals surface area contributed by atoms with Crippen LogP contribution in [-0.2, 0) is 7.05 Å². The van der Waals surface area contributed by atoms with Crippen molar-refractivity contribution in [2.75, 3.05) is 6.54 Å². The monoisotopic (exact) mass is 278 g/mol. The van der Waals surface area contributed by atoms with E-state index >= 15 is 0 Å². The van der Waals surface area contributed by atoms with E-state index in [0.29, 0.717) is 17.8 Å². The fourth-order valence-corrected chi connectivity index (χ4v) is 2.82. The first-order valence-electron chi connectivity index (χ1n) is 6.94. The lowest BCUT2D eigenvalue weighted by Gasteiger charge is -2.38. The van der Waals surface area contributed by atoms with Crippen LogP contribution < -0.4 is 11.5 Å². The molecule has 2 amide bonds. The molecule has 0 bridgehead atoms. The second-order valence-corrected chi connectivity index (χ2v) is 5.51. The van der Waals surface area contributed by atoms with Crippen LogP contribution in [0.5, 0.6) is 0 Å². The fraction of sp³-hybridized carbons (Fsp3) is 0.571. The zero-order valence-corrected chi connectivity index (χ0v) is 12.0. The van der Waals surface area contributed by atoms with Gasteiger partial charge in [0.05, 0.1) is 5.56 Å². The van der Waals surface area contributed by atoms with Crippen LogP contribution in [-0.4, -0.2) is 39.9 Å². The Labute approximate surface area is 118 Å². The van der Waals surface area contributed by atoms with Crippen LogP contribution in [0.2, 0.25) is 0 Å². The number of aromatic nitrogens is 1. The first-order valence-corrected chi connectivity index (χ1v) is 6.94. The molecule has 20 heavy (non-hydrogen) atoms. The average molecular weight is 278 g/mol. The molecule has 2 rings (SSSR count). The van der Waals surface area contributed by atoms with Crippen molar-refractivity contribution >= 4 is 11.8 Å². The van der Waals surface area contributed by atoms with Gasteiger partial charge in [0.1, 0.15) is 5.69 Å². The molecule has 6 heteroatoms. The van der Waals surface area contributed by atoms with Crippen LogP contribution >= 0.6 is 0 Å². The van der Waals surface area contributed by atoms with Crippen LogP contribution in [0.15, 0.2) is 12.3 Å². The smallest absolute Gasteiger partial charge is 0.270 e. The summed E-state index contributed by atoms with van der Waals surface area (Å²) in [6.07, 6.45) is 4.59. The zero-order valence-electron chi connectivity index (χ0n) is 12.0. The van der Waals surface area contributed by atoms with Gasteiger partial charge in [0, 0.05) is 31.9 Å². The van der Waals surface area contributed by atoms with Crippen LogP contribution in [0.3, 0.4) is 0 Å². The maximum absolute atomic E-state index is 12.7. The number of primary amides is 1. The molecule has 1 aromatic rings. The Morgan fingerprint density at radius 3 is 2.65 bits per heavy atom. The van der Waals surface area contributed by atoms with Gasteiger partial charge in [-0.05, 0) is 32.3 Å². The summed E-state index contributed by atoms with van der Waals surface area (Å²) < 4.78 is 1.65. The SMILES string of the molecule is C[C@@H](N)[C@H]1CCCCN1C(=O)c1cc(C(N)=O)cn1C. The summed E-state index contributed by atoms with van der Waals surface area (Å²) in [6, 6.07) is 1.55. The lowest BCUT2D eigenvalue weighted by atomic mass is 9.96. The van der Waals surface area contributed by atoms with E-state index in [1.165, 1.54) is 0 Å². The van der Waals surface area contributed by atoms with Gasteiger partial charge in [0.15, 0.2) is 0 Å². The second kappa shape index (κ2) is 5.66. The minimum absolute atomic E-state index is 0.0585. The minimum Gasteiger partial charge on any atom is -0.366 e. The van der Waals surface area contributed by atoms with E-state index in [1.807, 2.05) is 11.8 Å². The minimum atomic E-state index is -0.526. The summed E-state index contributed by atoms with van der Waals surface area (Å²) >= 11 is 0. The summed E-state index contributed by atoms with van der Waals surface area (Å²) in [5.41, 5.74) is 12.1. The molecule has 1 aromatic heterocycles. The van der Waals surface area contributed by atoms with Crippen molar-refractivity contribution in [1.82, 2.24) is 9.47 Å². The van der Waals surface area contributed by atoms with Crippen molar-refractivity contribution in [1.29, 1.82) is 0 Å². The Balaban J connectivity index is 2.27. The Morgan fingerprint density at radius 2 is 2.10 bits per heavy atom. The molecule has 1 saturated heterocycles. The molecule has 110 valence electrons. The molecule has 0 radical (unpaired) electrons. The molecule has 2 atom stereocenters. The molecule has 0 aliphatic carbocycles. The third kappa shape index (κ3) is 2.70. The van der Waals surface area contributed by atoms with Crippen molar-refractivity contribution < 1.29 is 9.59 Å². The lowest BCUT2D eigenvalue weighted by molar-refractivity contribution is 0.0574. The first kappa shape index (κ1) is 14.6. The molecule has 1 aliphatic heterocycles. The number of rotatable bonds is 3. The topological polar surface area (TPSA) is 94.3 Å². The standard InChI is InChI=1S/C14H22N4O2/c1-9(15)11-5-3-4-6-18(11)14(20)12-7-10(13(16)19)8-17(12)2/h7-9,11H,3-6,15H2,1-2H3,(H2,16,19)/t9-,11-/m1/s1. The Hall–Kier alpha value is -1.82. The molecule has 1 aliphatic rings. The largest absolute Gasteiger partial charge is 0.366 e. The van der Waals surface area contributed by atoms with Crippen molar-refractivity contribution in [3.63, 3.8) is 0 Å². The maximum Gasteiger partial charge on any atom is 0.270 e. The molecular formula is C14H22N4O2. The highest BCUT2D eigenvalue weighted by Crippen LogP contribution is 2.22. The Morgan fingerprint density at radius 1 is 1.40 bits per heavy atom. The molecule has 4 N–H and O–H groups in total. The number of carbonyl (C=O) groups excluding carboxylic acids is 2. The number of hydrogen-bond donors (Lipinski definition) is 2.